The van der Waals surface area contributed by atoms with Crippen molar-refractivity contribution in [2.24, 2.45) is 0 Å². The maximum atomic E-state index is 11.0. The normalized spacial score (nSPS) is 18.2. The molecule has 1 aliphatic rings. The number of nitrogens with zero attached hydrogens (tertiary/aromatic N) is 3. The highest BCUT2D eigenvalue weighted by Crippen LogP contribution is 2.29. The Morgan fingerprint density at radius 2 is 1.96 bits per heavy atom. The summed E-state index contributed by atoms with van der Waals surface area (Å²) in [5, 5.41) is 9.02. The fourth-order valence-corrected chi connectivity index (χ4v) is 3.23. The quantitative estimate of drug-likeness (QED) is 0.934. The lowest BCUT2D eigenvalue weighted by molar-refractivity contribution is 0.0697. The van der Waals surface area contributed by atoms with Crippen molar-refractivity contribution in [3.8, 4) is 11.3 Å². The predicted molar refractivity (Wildman–Crippen MR) is 93.2 cm³/mol. The second-order valence-corrected chi connectivity index (χ2v) is 6.68. The standard InChI is InChI=1S/C19H23N3O2/c1-12(2)22-9-8-16(11-22)18-10-17(20-13(3)21-18)14-4-6-15(7-5-14)19(23)24/h4-7,10,12,16H,8-9,11H2,1-3H3,(H,23,24). The molecule has 0 aliphatic carbocycles. The molecule has 1 N–H and O–H groups in total. The molecule has 1 atom stereocenters. The highest BCUT2D eigenvalue weighted by Gasteiger charge is 2.27. The van der Waals surface area contributed by atoms with Gasteiger partial charge in [0.05, 0.1) is 11.3 Å². The van der Waals surface area contributed by atoms with E-state index in [2.05, 4.69) is 34.8 Å². The molecule has 0 saturated carbocycles. The van der Waals surface area contributed by atoms with Gasteiger partial charge >= 0.3 is 5.97 Å². The predicted octanol–water partition coefficient (Wildman–Crippen LogP) is 3.35. The summed E-state index contributed by atoms with van der Waals surface area (Å²) in [6, 6.07) is 9.46. The molecule has 1 aromatic carbocycles. The van der Waals surface area contributed by atoms with Crippen LogP contribution in [0.25, 0.3) is 11.3 Å². The van der Waals surface area contributed by atoms with Crippen LogP contribution >= 0.6 is 0 Å². The van der Waals surface area contributed by atoms with Gasteiger partial charge in [-0.1, -0.05) is 12.1 Å². The van der Waals surface area contributed by atoms with Crippen molar-refractivity contribution >= 4 is 5.97 Å². The van der Waals surface area contributed by atoms with E-state index in [0.717, 1.165) is 42.3 Å². The zero-order valence-corrected chi connectivity index (χ0v) is 14.4. The highest BCUT2D eigenvalue weighted by molar-refractivity contribution is 5.88. The largest absolute Gasteiger partial charge is 0.478 e. The number of aryl methyl sites for hydroxylation is 1. The molecule has 2 aromatic rings. The molecule has 0 amide bonds. The average molecular weight is 325 g/mol. The summed E-state index contributed by atoms with van der Waals surface area (Å²) in [4.78, 5) is 22.6. The SMILES string of the molecule is Cc1nc(-c2ccc(C(=O)O)cc2)cc(C2CCN(C(C)C)C2)n1. The minimum absolute atomic E-state index is 0.285. The van der Waals surface area contributed by atoms with Crippen molar-refractivity contribution in [3.05, 3.63) is 47.4 Å². The molecule has 1 saturated heterocycles. The van der Waals surface area contributed by atoms with Gasteiger partial charge < -0.3 is 10.0 Å². The van der Waals surface area contributed by atoms with Gasteiger partial charge in [0.15, 0.2) is 0 Å². The summed E-state index contributed by atoms with van der Waals surface area (Å²) in [5.41, 5.74) is 3.15. The van der Waals surface area contributed by atoms with Gasteiger partial charge in [-0.05, 0) is 51.9 Å². The van der Waals surface area contributed by atoms with Crippen molar-refractivity contribution in [2.45, 2.75) is 39.2 Å². The molecule has 0 bridgehead atoms. The maximum absolute atomic E-state index is 11.0. The van der Waals surface area contributed by atoms with Gasteiger partial charge in [-0.25, -0.2) is 14.8 Å². The van der Waals surface area contributed by atoms with E-state index in [1.807, 2.05) is 19.1 Å². The lowest BCUT2D eigenvalue weighted by Gasteiger charge is -2.20. The number of carbonyl (C=O) groups is 1. The molecule has 5 heteroatoms. The van der Waals surface area contributed by atoms with Gasteiger partial charge in [-0.2, -0.15) is 0 Å². The van der Waals surface area contributed by atoms with Gasteiger partial charge in [0.25, 0.3) is 0 Å². The molecule has 1 aliphatic heterocycles. The van der Waals surface area contributed by atoms with Crippen LogP contribution in [-0.4, -0.2) is 45.1 Å². The van der Waals surface area contributed by atoms with E-state index in [-0.39, 0.29) is 5.56 Å². The van der Waals surface area contributed by atoms with Crippen molar-refractivity contribution < 1.29 is 9.90 Å². The van der Waals surface area contributed by atoms with E-state index in [1.54, 1.807) is 12.1 Å². The maximum Gasteiger partial charge on any atom is 0.335 e. The first kappa shape index (κ1) is 16.6. The third-order valence-electron chi connectivity index (χ3n) is 4.65. The van der Waals surface area contributed by atoms with E-state index in [9.17, 15) is 4.79 Å². The Morgan fingerprint density at radius 3 is 2.54 bits per heavy atom. The van der Waals surface area contributed by atoms with Crippen molar-refractivity contribution in [1.29, 1.82) is 0 Å². The Kier molecular flexibility index (Phi) is 4.62. The van der Waals surface area contributed by atoms with Gasteiger partial charge in [0.1, 0.15) is 5.82 Å². The Hall–Kier alpha value is -2.27. The number of aromatic nitrogens is 2. The van der Waals surface area contributed by atoms with E-state index < -0.39 is 5.97 Å². The monoisotopic (exact) mass is 325 g/mol. The summed E-state index contributed by atoms with van der Waals surface area (Å²) in [6.07, 6.45) is 1.12. The molecular formula is C19H23N3O2. The van der Waals surface area contributed by atoms with Crippen LogP contribution in [0.2, 0.25) is 0 Å². The number of benzene rings is 1. The second kappa shape index (κ2) is 6.69. The van der Waals surface area contributed by atoms with Gasteiger partial charge in [0.2, 0.25) is 0 Å². The second-order valence-electron chi connectivity index (χ2n) is 6.68. The van der Waals surface area contributed by atoms with Crippen LogP contribution < -0.4 is 0 Å². The number of likely N-dealkylation sites (tertiary alicyclic amines) is 1. The van der Waals surface area contributed by atoms with Crippen molar-refractivity contribution in [1.82, 2.24) is 14.9 Å². The molecule has 24 heavy (non-hydrogen) atoms. The van der Waals surface area contributed by atoms with E-state index in [4.69, 9.17) is 5.11 Å². The lowest BCUT2D eigenvalue weighted by atomic mass is 10.0. The lowest BCUT2D eigenvalue weighted by Crippen LogP contribution is -2.28. The fraction of sp³-hybridized carbons (Fsp3) is 0.421. The molecule has 1 aromatic heterocycles. The highest BCUT2D eigenvalue weighted by atomic mass is 16.4. The average Bonchev–Trinajstić information content (AvgIpc) is 3.05. The van der Waals surface area contributed by atoms with E-state index >= 15 is 0 Å². The number of hydrogen-bond acceptors (Lipinski definition) is 4. The molecule has 5 nitrogen and oxygen atoms in total. The molecule has 3 rings (SSSR count). The smallest absolute Gasteiger partial charge is 0.335 e. The molecule has 1 unspecified atom stereocenters. The van der Waals surface area contributed by atoms with E-state index in [0.29, 0.717) is 12.0 Å². The Morgan fingerprint density at radius 1 is 1.25 bits per heavy atom. The number of carboxylic acids is 1. The zero-order chi connectivity index (χ0) is 17.3. The Labute approximate surface area is 142 Å². The van der Waals surface area contributed by atoms with Gasteiger partial charge in [-0.3, -0.25) is 0 Å². The number of hydrogen-bond donors (Lipinski definition) is 1. The molecule has 2 heterocycles. The zero-order valence-electron chi connectivity index (χ0n) is 14.4. The first-order valence-corrected chi connectivity index (χ1v) is 8.37. The van der Waals surface area contributed by atoms with Gasteiger partial charge in [-0.15, -0.1) is 0 Å². The van der Waals surface area contributed by atoms with Crippen LogP contribution in [0.4, 0.5) is 0 Å². The van der Waals surface area contributed by atoms with Gasteiger partial charge in [0, 0.05) is 29.8 Å². The third kappa shape index (κ3) is 3.46. The van der Waals surface area contributed by atoms with Crippen LogP contribution in [0.5, 0.6) is 0 Å². The number of aromatic carboxylic acids is 1. The van der Waals surface area contributed by atoms with E-state index in [1.165, 1.54) is 0 Å². The minimum atomic E-state index is -0.916. The summed E-state index contributed by atoms with van der Waals surface area (Å²) >= 11 is 0. The molecular weight excluding hydrogens is 302 g/mol. The van der Waals surface area contributed by atoms with Crippen LogP contribution in [-0.2, 0) is 0 Å². The molecule has 126 valence electrons. The first-order valence-electron chi connectivity index (χ1n) is 8.37. The minimum Gasteiger partial charge on any atom is -0.478 e. The Bertz CT molecular complexity index is 741. The summed E-state index contributed by atoms with van der Waals surface area (Å²) in [7, 11) is 0. The van der Waals surface area contributed by atoms with Crippen LogP contribution in [0.15, 0.2) is 30.3 Å². The molecule has 0 spiro atoms. The van der Waals surface area contributed by atoms with Crippen LogP contribution in [0.1, 0.15) is 48.1 Å². The summed E-state index contributed by atoms with van der Waals surface area (Å²) in [6.45, 7) is 8.50. The topological polar surface area (TPSA) is 66.3 Å². The number of rotatable bonds is 4. The first-order chi connectivity index (χ1) is 11.4. The Balaban J connectivity index is 1.88. The number of carboxylic acid groups (broad SMARTS) is 1. The van der Waals surface area contributed by atoms with Crippen molar-refractivity contribution in [2.75, 3.05) is 13.1 Å². The molecule has 0 radical (unpaired) electrons. The fourth-order valence-electron chi connectivity index (χ4n) is 3.23. The van der Waals surface area contributed by atoms with Crippen LogP contribution in [0.3, 0.4) is 0 Å². The van der Waals surface area contributed by atoms with Crippen LogP contribution in [0, 0.1) is 6.92 Å². The third-order valence-corrected chi connectivity index (χ3v) is 4.65. The molecule has 1 fully saturated rings. The summed E-state index contributed by atoms with van der Waals surface area (Å²) < 4.78 is 0. The van der Waals surface area contributed by atoms with Crippen molar-refractivity contribution in [3.63, 3.8) is 0 Å². The summed E-state index contributed by atoms with van der Waals surface area (Å²) in [5.74, 6) is 0.278.